The van der Waals surface area contributed by atoms with Gasteiger partial charge in [0.25, 0.3) is 0 Å². The number of nitrogens with zero attached hydrogens (tertiary/aromatic N) is 2. The fraction of sp³-hybridized carbons (Fsp3) is 0.353. The van der Waals surface area contributed by atoms with Gasteiger partial charge in [-0.25, -0.2) is 14.8 Å². The van der Waals surface area contributed by atoms with Crippen molar-refractivity contribution in [3.8, 4) is 11.4 Å². The standard InChI is InChI=1S/C17H19ClN2O2/c1-2-3-4-5-6-12-7-9-13(10-8-12)16-19-11-14(17(21)22)15(18)20-16/h7-11H,2-6H2,1H3,(H,21,22). The van der Waals surface area contributed by atoms with Gasteiger partial charge in [0, 0.05) is 11.8 Å². The largest absolute Gasteiger partial charge is 0.478 e. The number of hydrogen-bond acceptors (Lipinski definition) is 3. The zero-order valence-corrected chi connectivity index (χ0v) is 13.3. The van der Waals surface area contributed by atoms with E-state index in [-0.39, 0.29) is 10.7 Å². The van der Waals surface area contributed by atoms with Gasteiger partial charge in [0.05, 0.1) is 0 Å². The normalized spacial score (nSPS) is 10.6. The van der Waals surface area contributed by atoms with Gasteiger partial charge in [-0.05, 0) is 18.4 Å². The molecule has 0 radical (unpaired) electrons. The van der Waals surface area contributed by atoms with Gasteiger partial charge in [0.2, 0.25) is 0 Å². The molecule has 0 fully saturated rings. The number of rotatable bonds is 7. The maximum atomic E-state index is 10.9. The molecule has 4 nitrogen and oxygen atoms in total. The number of benzene rings is 1. The molecule has 0 amide bonds. The third-order valence-electron chi connectivity index (χ3n) is 3.50. The molecule has 116 valence electrons. The van der Waals surface area contributed by atoms with Gasteiger partial charge in [-0.1, -0.05) is 62.1 Å². The fourth-order valence-electron chi connectivity index (χ4n) is 2.22. The maximum Gasteiger partial charge on any atom is 0.340 e. The molecule has 2 aromatic rings. The second kappa shape index (κ2) is 7.90. The van der Waals surface area contributed by atoms with E-state index >= 15 is 0 Å². The van der Waals surface area contributed by atoms with Crippen molar-refractivity contribution in [1.29, 1.82) is 0 Å². The van der Waals surface area contributed by atoms with E-state index in [1.165, 1.54) is 37.4 Å². The van der Waals surface area contributed by atoms with Crippen LogP contribution in [0.25, 0.3) is 11.4 Å². The molecular formula is C17H19ClN2O2. The molecule has 0 atom stereocenters. The van der Waals surface area contributed by atoms with Crippen molar-refractivity contribution >= 4 is 17.6 Å². The first-order valence-corrected chi connectivity index (χ1v) is 7.84. The molecule has 0 bridgehead atoms. The van der Waals surface area contributed by atoms with E-state index in [0.717, 1.165) is 12.0 Å². The Hall–Kier alpha value is -1.94. The van der Waals surface area contributed by atoms with Crippen LogP contribution in [-0.2, 0) is 6.42 Å². The summed E-state index contributed by atoms with van der Waals surface area (Å²) >= 11 is 5.87. The number of aromatic nitrogens is 2. The van der Waals surface area contributed by atoms with Crippen molar-refractivity contribution < 1.29 is 9.90 Å². The highest BCUT2D eigenvalue weighted by Crippen LogP contribution is 2.20. The zero-order valence-electron chi connectivity index (χ0n) is 12.6. The molecule has 0 saturated heterocycles. The second-order valence-electron chi connectivity index (χ2n) is 5.21. The number of aromatic carboxylic acids is 1. The molecule has 1 aromatic heterocycles. The Labute approximate surface area is 135 Å². The lowest BCUT2D eigenvalue weighted by atomic mass is 10.0. The van der Waals surface area contributed by atoms with Crippen molar-refractivity contribution in [3.05, 3.63) is 46.7 Å². The average molecular weight is 319 g/mol. The summed E-state index contributed by atoms with van der Waals surface area (Å²) in [5.41, 5.74) is 2.03. The third-order valence-corrected chi connectivity index (χ3v) is 3.79. The molecule has 1 N–H and O–H groups in total. The Morgan fingerprint density at radius 1 is 1.18 bits per heavy atom. The van der Waals surface area contributed by atoms with Crippen LogP contribution in [-0.4, -0.2) is 21.0 Å². The number of carbonyl (C=O) groups is 1. The predicted octanol–water partition coefficient (Wildman–Crippen LogP) is 4.62. The minimum Gasteiger partial charge on any atom is -0.478 e. The van der Waals surface area contributed by atoms with Crippen molar-refractivity contribution in [1.82, 2.24) is 9.97 Å². The van der Waals surface area contributed by atoms with Crippen molar-refractivity contribution in [2.75, 3.05) is 0 Å². The first-order valence-electron chi connectivity index (χ1n) is 7.47. The average Bonchev–Trinajstić information content (AvgIpc) is 2.52. The van der Waals surface area contributed by atoms with Crippen LogP contribution < -0.4 is 0 Å². The Bertz CT molecular complexity index is 642. The summed E-state index contributed by atoms with van der Waals surface area (Å²) in [7, 11) is 0. The van der Waals surface area contributed by atoms with Crippen LogP contribution in [0.15, 0.2) is 30.5 Å². The Balaban J connectivity index is 2.07. The molecule has 1 aromatic carbocycles. The summed E-state index contributed by atoms with van der Waals surface area (Å²) in [6.45, 7) is 2.20. The van der Waals surface area contributed by atoms with E-state index in [0.29, 0.717) is 5.82 Å². The minimum atomic E-state index is -1.13. The van der Waals surface area contributed by atoms with Crippen LogP contribution in [0.3, 0.4) is 0 Å². The molecule has 5 heteroatoms. The van der Waals surface area contributed by atoms with E-state index in [9.17, 15) is 4.79 Å². The summed E-state index contributed by atoms with van der Waals surface area (Å²) in [6.07, 6.45) is 7.28. The molecule has 1 heterocycles. The van der Waals surface area contributed by atoms with Gasteiger partial charge in [-0.3, -0.25) is 0 Å². The molecule has 0 unspecified atom stereocenters. The van der Waals surface area contributed by atoms with Gasteiger partial charge in [-0.15, -0.1) is 0 Å². The molecule has 2 rings (SSSR count). The highest BCUT2D eigenvalue weighted by atomic mass is 35.5. The third kappa shape index (κ3) is 4.28. The minimum absolute atomic E-state index is 0.0406. The highest BCUT2D eigenvalue weighted by molar-refractivity contribution is 6.32. The Kier molecular flexibility index (Phi) is 5.90. The smallest absolute Gasteiger partial charge is 0.340 e. The van der Waals surface area contributed by atoms with Crippen LogP contribution in [0.2, 0.25) is 5.15 Å². The van der Waals surface area contributed by atoms with E-state index in [4.69, 9.17) is 16.7 Å². The van der Waals surface area contributed by atoms with Crippen LogP contribution in [0.5, 0.6) is 0 Å². The molecule has 0 aliphatic carbocycles. The molecule has 22 heavy (non-hydrogen) atoms. The first-order chi connectivity index (χ1) is 10.6. The van der Waals surface area contributed by atoms with Gasteiger partial charge < -0.3 is 5.11 Å². The number of hydrogen-bond donors (Lipinski definition) is 1. The molecule has 0 aliphatic rings. The lowest BCUT2D eigenvalue weighted by Gasteiger charge is -2.05. The fourth-order valence-corrected chi connectivity index (χ4v) is 2.43. The monoisotopic (exact) mass is 318 g/mol. The first kappa shape index (κ1) is 16.4. The summed E-state index contributed by atoms with van der Waals surface area (Å²) in [5.74, 6) is -0.688. The molecule has 0 saturated carbocycles. The molecule has 0 aliphatic heterocycles. The highest BCUT2D eigenvalue weighted by Gasteiger charge is 2.12. The van der Waals surface area contributed by atoms with Gasteiger partial charge in [-0.2, -0.15) is 0 Å². The van der Waals surface area contributed by atoms with Gasteiger partial charge in [0.15, 0.2) is 5.82 Å². The number of aryl methyl sites for hydroxylation is 1. The number of unbranched alkanes of at least 4 members (excludes halogenated alkanes) is 3. The van der Waals surface area contributed by atoms with Crippen LogP contribution in [0.4, 0.5) is 0 Å². The SMILES string of the molecule is CCCCCCc1ccc(-c2ncc(C(=O)O)c(Cl)n2)cc1. The lowest BCUT2D eigenvalue weighted by Crippen LogP contribution is -2.01. The summed E-state index contributed by atoms with van der Waals surface area (Å²) < 4.78 is 0. The van der Waals surface area contributed by atoms with Crippen LogP contribution >= 0.6 is 11.6 Å². The van der Waals surface area contributed by atoms with Crippen molar-refractivity contribution in [2.45, 2.75) is 39.0 Å². The van der Waals surface area contributed by atoms with Gasteiger partial charge >= 0.3 is 5.97 Å². The van der Waals surface area contributed by atoms with Crippen LogP contribution in [0, 0.1) is 0 Å². The predicted molar refractivity (Wildman–Crippen MR) is 87.3 cm³/mol. The van der Waals surface area contributed by atoms with E-state index < -0.39 is 5.97 Å². The van der Waals surface area contributed by atoms with E-state index in [1.807, 2.05) is 12.1 Å². The lowest BCUT2D eigenvalue weighted by molar-refractivity contribution is 0.0696. The quantitative estimate of drug-likeness (QED) is 0.597. The summed E-state index contributed by atoms with van der Waals surface area (Å²) in [5, 5.41) is 8.88. The Morgan fingerprint density at radius 3 is 2.50 bits per heavy atom. The molecule has 0 spiro atoms. The number of carboxylic acid groups (broad SMARTS) is 1. The zero-order chi connectivity index (χ0) is 15.9. The van der Waals surface area contributed by atoms with E-state index in [1.54, 1.807) is 0 Å². The summed E-state index contributed by atoms with van der Waals surface area (Å²) in [6, 6.07) is 8.01. The number of carboxylic acids is 1. The molecular weight excluding hydrogens is 300 g/mol. The van der Waals surface area contributed by atoms with Gasteiger partial charge in [0.1, 0.15) is 10.7 Å². The Morgan fingerprint density at radius 2 is 1.91 bits per heavy atom. The second-order valence-corrected chi connectivity index (χ2v) is 5.57. The number of halogens is 1. The van der Waals surface area contributed by atoms with Crippen molar-refractivity contribution in [3.63, 3.8) is 0 Å². The van der Waals surface area contributed by atoms with E-state index in [2.05, 4.69) is 29.0 Å². The topological polar surface area (TPSA) is 63.1 Å². The maximum absolute atomic E-state index is 10.9. The van der Waals surface area contributed by atoms with Crippen LogP contribution in [0.1, 0.15) is 48.5 Å². The van der Waals surface area contributed by atoms with Crippen molar-refractivity contribution in [2.24, 2.45) is 0 Å². The summed E-state index contributed by atoms with van der Waals surface area (Å²) in [4.78, 5) is 19.0.